The van der Waals surface area contributed by atoms with Crippen molar-refractivity contribution in [2.24, 2.45) is 0 Å². The number of carbonyl (C=O) groups excluding carboxylic acids is 3. The van der Waals surface area contributed by atoms with Crippen LogP contribution in [0.25, 0.3) is 0 Å². The molecule has 3 amide bonds. The molecule has 1 unspecified atom stereocenters. The summed E-state index contributed by atoms with van der Waals surface area (Å²) >= 11 is 6.13. The predicted molar refractivity (Wildman–Crippen MR) is 140 cm³/mol. The number of rotatable bonds is 6. The van der Waals surface area contributed by atoms with Crippen LogP contribution >= 0.6 is 11.6 Å². The molecular weight excluding hydrogens is 490 g/mol. The fourth-order valence-electron chi connectivity index (χ4n) is 4.17. The van der Waals surface area contributed by atoms with Crippen molar-refractivity contribution < 1.29 is 14.4 Å². The summed E-state index contributed by atoms with van der Waals surface area (Å²) in [6, 6.07) is 19.9. The Kier molecular flexibility index (Phi) is 6.91. The van der Waals surface area contributed by atoms with Gasteiger partial charge in [0.15, 0.2) is 0 Å². The third-order valence-corrected chi connectivity index (χ3v) is 6.27. The molecule has 2 N–H and O–H groups in total. The number of halogens is 1. The van der Waals surface area contributed by atoms with Crippen LogP contribution in [0.3, 0.4) is 0 Å². The van der Waals surface area contributed by atoms with E-state index in [1.807, 2.05) is 6.07 Å². The molecule has 0 saturated carbocycles. The van der Waals surface area contributed by atoms with E-state index in [-0.39, 0.29) is 30.7 Å². The van der Waals surface area contributed by atoms with Gasteiger partial charge in [-0.2, -0.15) is 0 Å². The molecule has 0 spiro atoms. The van der Waals surface area contributed by atoms with Crippen molar-refractivity contribution in [1.82, 2.24) is 14.9 Å². The van der Waals surface area contributed by atoms with E-state index in [1.54, 1.807) is 90.2 Å². The first-order valence-corrected chi connectivity index (χ1v) is 12.0. The molecule has 2 aromatic carbocycles. The van der Waals surface area contributed by atoms with Gasteiger partial charge in [0.05, 0.1) is 11.3 Å². The van der Waals surface area contributed by atoms with E-state index in [0.717, 1.165) is 11.1 Å². The summed E-state index contributed by atoms with van der Waals surface area (Å²) in [6.07, 6.45) is 5.22. The molecule has 0 saturated heterocycles. The first-order chi connectivity index (χ1) is 18.0. The van der Waals surface area contributed by atoms with Crippen LogP contribution in [0.2, 0.25) is 5.02 Å². The second kappa shape index (κ2) is 10.6. The molecule has 1 aliphatic heterocycles. The summed E-state index contributed by atoms with van der Waals surface area (Å²) in [5.41, 5.74) is 2.77. The van der Waals surface area contributed by atoms with Crippen LogP contribution in [0.15, 0.2) is 91.4 Å². The van der Waals surface area contributed by atoms with Gasteiger partial charge in [-0.15, -0.1) is 0 Å². The SMILES string of the molecule is O=C(Nc1ccccn1)c1ccc(CN2C(=O)c3ccc(Cl)cc3NC(=O)C2Cc2cccnc2)cc1. The largest absolute Gasteiger partial charge is 0.323 e. The van der Waals surface area contributed by atoms with Gasteiger partial charge in [0.1, 0.15) is 11.9 Å². The zero-order chi connectivity index (χ0) is 25.8. The molecular formula is C28H22ClN5O3. The fraction of sp³-hybridized carbons (Fsp3) is 0.107. The van der Waals surface area contributed by atoms with Gasteiger partial charge in [0.25, 0.3) is 11.8 Å². The number of pyridine rings is 2. The number of hydrogen-bond acceptors (Lipinski definition) is 5. The van der Waals surface area contributed by atoms with Crippen molar-refractivity contribution in [3.05, 3.63) is 119 Å². The van der Waals surface area contributed by atoms with Crippen molar-refractivity contribution in [2.75, 3.05) is 10.6 Å². The van der Waals surface area contributed by atoms with Gasteiger partial charge in [0.2, 0.25) is 5.91 Å². The average Bonchev–Trinajstić information content (AvgIpc) is 3.00. The Morgan fingerprint density at radius 3 is 2.54 bits per heavy atom. The van der Waals surface area contributed by atoms with Crippen molar-refractivity contribution >= 4 is 40.8 Å². The molecule has 0 bridgehead atoms. The number of nitrogens with zero attached hydrogens (tertiary/aromatic N) is 3. The number of nitrogens with one attached hydrogen (secondary N) is 2. The van der Waals surface area contributed by atoms with E-state index in [1.165, 1.54) is 0 Å². The summed E-state index contributed by atoms with van der Waals surface area (Å²) in [6.45, 7) is 0.168. The highest BCUT2D eigenvalue weighted by molar-refractivity contribution is 6.31. The summed E-state index contributed by atoms with van der Waals surface area (Å²) in [7, 11) is 0. The second-order valence-electron chi connectivity index (χ2n) is 8.56. The highest BCUT2D eigenvalue weighted by atomic mass is 35.5. The number of fused-ring (bicyclic) bond motifs is 1. The van der Waals surface area contributed by atoms with Gasteiger partial charge in [-0.3, -0.25) is 19.4 Å². The molecule has 0 radical (unpaired) electrons. The molecule has 5 rings (SSSR count). The lowest BCUT2D eigenvalue weighted by Gasteiger charge is -2.29. The van der Waals surface area contributed by atoms with Crippen LogP contribution in [0.1, 0.15) is 31.8 Å². The number of aromatic nitrogens is 2. The summed E-state index contributed by atoms with van der Waals surface area (Å²) in [5.74, 6) is -0.453. The van der Waals surface area contributed by atoms with Gasteiger partial charge in [-0.1, -0.05) is 35.9 Å². The van der Waals surface area contributed by atoms with E-state index < -0.39 is 6.04 Å². The normalized spacial score (nSPS) is 14.9. The van der Waals surface area contributed by atoms with E-state index in [4.69, 9.17) is 11.6 Å². The Bertz CT molecular complexity index is 1450. The lowest BCUT2D eigenvalue weighted by atomic mass is 10.0. The first kappa shape index (κ1) is 24.1. The average molecular weight is 512 g/mol. The quantitative estimate of drug-likeness (QED) is 0.394. The Labute approximate surface area is 218 Å². The van der Waals surface area contributed by atoms with E-state index >= 15 is 0 Å². The van der Waals surface area contributed by atoms with Gasteiger partial charge in [-0.05, 0) is 59.7 Å². The monoisotopic (exact) mass is 511 g/mol. The highest BCUT2D eigenvalue weighted by Crippen LogP contribution is 2.29. The van der Waals surface area contributed by atoms with Crippen LogP contribution in [-0.2, 0) is 17.8 Å². The van der Waals surface area contributed by atoms with Crippen molar-refractivity contribution in [2.45, 2.75) is 19.0 Å². The summed E-state index contributed by atoms with van der Waals surface area (Å²) in [5, 5.41) is 6.03. The minimum Gasteiger partial charge on any atom is -0.323 e. The van der Waals surface area contributed by atoms with Crippen LogP contribution in [0, 0.1) is 0 Å². The minimum atomic E-state index is -0.782. The molecule has 1 aliphatic rings. The van der Waals surface area contributed by atoms with E-state index in [0.29, 0.717) is 27.7 Å². The van der Waals surface area contributed by atoms with Crippen molar-refractivity contribution in [1.29, 1.82) is 0 Å². The number of benzene rings is 2. The number of amides is 3. The van der Waals surface area contributed by atoms with Crippen molar-refractivity contribution in [3.8, 4) is 0 Å². The molecule has 8 nitrogen and oxygen atoms in total. The van der Waals surface area contributed by atoms with Gasteiger partial charge in [-0.25, -0.2) is 4.98 Å². The molecule has 3 heterocycles. The maximum atomic E-state index is 13.7. The van der Waals surface area contributed by atoms with E-state index in [2.05, 4.69) is 20.6 Å². The fourth-order valence-corrected chi connectivity index (χ4v) is 4.34. The Hall–Kier alpha value is -4.56. The lowest BCUT2D eigenvalue weighted by Crippen LogP contribution is -2.46. The zero-order valence-corrected chi connectivity index (χ0v) is 20.4. The van der Waals surface area contributed by atoms with Gasteiger partial charge in [0, 0.05) is 42.1 Å². The lowest BCUT2D eigenvalue weighted by molar-refractivity contribution is -0.120. The number of carbonyl (C=O) groups is 3. The Morgan fingerprint density at radius 2 is 1.81 bits per heavy atom. The zero-order valence-electron chi connectivity index (χ0n) is 19.6. The standard InChI is InChI=1S/C28H22ClN5O3/c29-21-10-11-22-23(15-21)32-27(36)24(14-19-4-3-12-30-16-19)34(28(22)37)17-18-6-8-20(9-7-18)26(35)33-25-5-1-2-13-31-25/h1-13,15-16,24H,14,17H2,(H,32,36)(H,31,33,35). The molecule has 9 heteroatoms. The maximum absolute atomic E-state index is 13.7. The number of anilines is 2. The Morgan fingerprint density at radius 1 is 0.973 bits per heavy atom. The number of hydrogen-bond donors (Lipinski definition) is 2. The third-order valence-electron chi connectivity index (χ3n) is 6.04. The van der Waals surface area contributed by atoms with Crippen LogP contribution in [-0.4, -0.2) is 38.6 Å². The summed E-state index contributed by atoms with van der Waals surface area (Å²) < 4.78 is 0. The molecule has 4 aromatic rings. The van der Waals surface area contributed by atoms with Crippen LogP contribution in [0.4, 0.5) is 11.5 Å². The third kappa shape index (κ3) is 5.49. The second-order valence-corrected chi connectivity index (χ2v) is 9.00. The minimum absolute atomic E-state index is 0.168. The molecule has 184 valence electrons. The predicted octanol–water partition coefficient (Wildman–Crippen LogP) is 4.59. The first-order valence-electron chi connectivity index (χ1n) is 11.6. The van der Waals surface area contributed by atoms with Gasteiger partial charge >= 0.3 is 0 Å². The van der Waals surface area contributed by atoms with Gasteiger partial charge < -0.3 is 15.5 Å². The molecule has 0 aliphatic carbocycles. The van der Waals surface area contributed by atoms with E-state index in [9.17, 15) is 14.4 Å². The van der Waals surface area contributed by atoms with Crippen LogP contribution in [0.5, 0.6) is 0 Å². The molecule has 2 aromatic heterocycles. The van der Waals surface area contributed by atoms with Crippen molar-refractivity contribution in [3.63, 3.8) is 0 Å². The molecule has 1 atom stereocenters. The summed E-state index contributed by atoms with van der Waals surface area (Å²) in [4.78, 5) is 49.4. The van der Waals surface area contributed by atoms with Crippen LogP contribution < -0.4 is 10.6 Å². The Balaban J connectivity index is 1.42. The molecule has 0 fully saturated rings. The highest BCUT2D eigenvalue weighted by Gasteiger charge is 2.35. The molecule has 37 heavy (non-hydrogen) atoms. The topological polar surface area (TPSA) is 104 Å². The maximum Gasteiger partial charge on any atom is 0.256 e. The smallest absolute Gasteiger partial charge is 0.256 e.